The number of halogens is 1. The van der Waals surface area contributed by atoms with Gasteiger partial charge in [-0.2, -0.15) is 0 Å². The molecule has 2 aromatic carbocycles. The van der Waals surface area contributed by atoms with Crippen LogP contribution in [0.1, 0.15) is 25.5 Å². The SMILES string of the molecule is CCNC(C)c1ccc(N(C)c2cccc(F)c2)cc1. The highest BCUT2D eigenvalue weighted by Crippen LogP contribution is 2.25. The summed E-state index contributed by atoms with van der Waals surface area (Å²) in [4.78, 5) is 1.98. The molecule has 106 valence electrons. The van der Waals surface area contributed by atoms with Crippen LogP contribution in [0.2, 0.25) is 0 Å². The first-order chi connectivity index (χ1) is 9.61. The predicted molar refractivity (Wildman–Crippen MR) is 83.0 cm³/mol. The average molecular weight is 272 g/mol. The molecule has 0 amide bonds. The molecule has 0 spiro atoms. The van der Waals surface area contributed by atoms with E-state index in [0.29, 0.717) is 6.04 Å². The summed E-state index contributed by atoms with van der Waals surface area (Å²) in [5, 5.41) is 3.39. The van der Waals surface area contributed by atoms with Crippen molar-refractivity contribution in [1.29, 1.82) is 0 Å². The molecule has 0 heterocycles. The van der Waals surface area contributed by atoms with Crippen LogP contribution in [0.5, 0.6) is 0 Å². The van der Waals surface area contributed by atoms with Gasteiger partial charge in [0, 0.05) is 24.5 Å². The highest BCUT2D eigenvalue weighted by molar-refractivity contribution is 5.62. The van der Waals surface area contributed by atoms with Gasteiger partial charge in [0.25, 0.3) is 0 Å². The van der Waals surface area contributed by atoms with Gasteiger partial charge in [-0.05, 0) is 49.4 Å². The topological polar surface area (TPSA) is 15.3 Å². The number of nitrogens with one attached hydrogen (secondary N) is 1. The molecule has 0 aromatic heterocycles. The molecule has 0 bridgehead atoms. The third kappa shape index (κ3) is 3.36. The summed E-state index contributed by atoms with van der Waals surface area (Å²) in [6, 6.07) is 15.3. The van der Waals surface area contributed by atoms with Crippen LogP contribution in [0.4, 0.5) is 15.8 Å². The van der Waals surface area contributed by atoms with E-state index in [-0.39, 0.29) is 5.82 Å². The Morgan fingerprint density at radius 1 is 1.10 bits per heavy atom. The summed E-state index contributed by atoms with van der Waals surface area (Å²) in [6.07, 6.45) is 0. The maximum Gasteiger partial charge on any atom is 0.125 e. The maximum atomic E-state index is 13.3. The third-order valence-corrected chi connectivity index (χ3v) is 3.49. The molecule has 2 nitrogen and oxygen atoms in total. The van der Waals surface area contributed by atoms with Gasteiger partial charge in [0.1, 0.15) is 5.82 Å². The Kier molecular flexibility index (Phi) is 4.74. The monoisotopic (exact) mass is 272 g/mol. The van der Waals surface area contributed by atoms with Crippen LogP contribution in [0.25, 0.3) is 0 Å². The average Bonchev–Trinajstić information content (AvgIpc) is 2.47. The number of anilines is 2. The minimum absolute atomic E-state index is 0.216. The molecule has 0 aliphatic heterocycles. The van der Waals surface area contributed by atoms with E-state index in [4.69, 9.17) is 0 Å². The molecule has 20 heavy (non-hydrogen) atoms. The van der Waals surface area contributed by atoms with Crippen LogP contribution in [0.15, 0.2) is 48.5 Å². The minimum Gasteiger partial charge on any atom is -0.345 e. The minimum atomic E-state index is -0.216. The largest absolute Gasteiger partial charge is 0.345 e. The van der Waals surface area contributed by atoms with E-state index in [1.54, 1.807) is 6.07 Å². The predicted octanol–water partition coefficient (Wildman–Crippen LogP) is 4.26. The number of nitrogens with zero attached hydrogens (tertiary/aromatic N) is 1. The third-order valence-electron chi connectivity index (χ3n) is 3.49. The molecule has 0 radical (unpaired) electrons. The van der Waals surface area contributed by atoms with E-state index in [0.717, 1.165) is 17.9 Å². The summed E-state index contributed by atoms with van der Waals surface area (Å²) in [7, 11) is 1.94. The van der Waals surface area contributed by atoms with Crippen molar-refractivity contribution in [1.82, 2.24) is 5.32 Å². The Labute approximate surface area is 120 Å². The molecule has 3 heteroatoms. The molecular weight excluding hydrogens is 251 g/mol. The lowest BCUT2D eigenvalue weighted by Gasteiger charge is -2.21. The number of benzene rings is 2. The maximum absolute atomic E-state index is 13.3. The van der Waals surface area contributed by atoms with Crippen LogP contribution < -0.4 is 10.2 Å². The smallest absolute Gasteiger partial charge is 0.125 e. The van der Waals surface area contributed by atoms with Gasteiger partial charge >= 0.3 is 0 Å². The van der Waals surface area contributed by atoms with Crippen LogP contribution in [0.3, 0.4) is 0 Å². The van der Waals surface area contributed by atoms with E-state index in [1.807, 2.05) is 18.0 Å². The van der Waals surface area contributed by atoms with Gasteiger partial charge in [-0.25, -0.2) is 4.39 Å². The lowest BCUT2D eigenvalue weighted by Crippen LogP contribution is -2.17. The Balaban J connectivity index is 2.17. The Morgan fingerprint density at radius 3 is 2.40 bits per heavy atom. The Bertz CT molecular complexity index is 551. The van der Waals surface area contributed by atoms with E-state index in [2.05, 4.69) is 43.4 Å². The lowest BCUT2D eigenvalue weighted by molar-refractivity contribution is 0.598. The van der Waals surface area contributed by atoms with Gasteiger partial charge in [-0.15, -0.1) is 0 Å². The van der Waals surface area contributed by atoms with Crippen LogP contribution in [-0.4, -0.2) is 13.6 Å². The molecule has 2 aromatic rings. The van der Waals surface area contributed by atoms with Crippen molar-refractivity contribution in [2.75, 3.05) is 18.5 Å². The molecule has 0 aliphatic carbocycles. The molecule has 1 N–H and O–H groups in total. The van der Waals surface area contributed by atoms with Gasteiger partial charge in [-0.3, -0.25) is 0 Å². The van der Waals surface area contributed by atoms with E-state index >= 15 is 0 Å². The number of hydrogen-bond acceptors (Lipinski definition) is 2. The second-order valence-electron chi connectivity index (χ2n) is 4.91. The Morgan fingerprint density at radius 2 is 1.80 bits per heavy atom. The molecule has 2 rings (SSSR count). The number of hydrogen-bond donors (Lipinski definition) is 1. The van der Waals surface area contributed by atoms with Crippen molar-refractivity contribution >= 4 is 11.4 Å². The molecule has 0 saturated heterocycles. The normalized spacial score (nSPS) is 12.2. The van der Waals surface area contributed by atoms with E-state index in [9.17, 15) is 4.39 Å². The zero-order valence-corrected chi connectivity index (χ0v) is 12.2. The van der Waals surface area contributed by atoms with Crippen molar-refractivity contribution in [2.45, 2.75) is 19.9 Å². The van der Waals surface area contributed by atoms with Crippen molar-refractivity contribution in [3.05, 3.63) is 59.9 Å². The first kappa shape index (κ1) is 14.5. The summed E-state index contributed by atoms with van der Waals surface area (Å²) >= 11 is 0. The fourth-order valence-corrected chi connectivity index (χ4v) is 2.24. The van der Waals surface area contributed by atoms with Crippen molar-refractivity contribution < 1.29 is 4.39 Å². The zero-order valence-electron chi connectivity index (χ0n) is 12.2. The molecule has 1 atom stereocenters. The first-order valence-electron chi connectivity index (χ1n) is 6.94. The van der Waals surface area contributed by atoms with Gasteiger partial charge < -0.3 is 10.2 Å². The summed E-state index contributed by atoms with van der Waals surface area (Å²) in [5.74, 6) is -0.216. The second-order valence-corrected chi connectivity index (χ2v) is 4.91. The van der Waals surface area contributed by atoms with Crippen LogP contribution in [-0.2, 0) is 0 Å². The van der Waals surface area contributed by atoms with Gasteiger partial charge in [0.05, 0.1) is 0 Å². The van der Waals surface area contributed by atoms with Crippen molar-refractivity contribution in [3.63, 3.8) is 0 Å². The van der Waals surface area contributed by atoms with Crippen LogP contribution >= 0.6 is 0 Å². The first-order valence-corrected chi connectivity index (χ1v) is 6.94. The zero-order chi connectivity index (χ0) is 14.5. The van der Waals surface area contributed by atoms with Crippen molar-refractivity contribution in [2.24, 2.45) is 0 Å². The Hall–Kier alpha value is -1.87. The van der Waals surface area contributed by atoms with Gasteiger partial charge in [0.15, 0.2) is 0 Å². The second kappa shape index (κ2) is 6.53. The summed E-state index contributed by atoms with van der Waals surface area (Å²) in [6.45, 7) is 5.20. The summed E-state index contributed by atoms with van der Waals surface area (Å²) < 4.78 is 13.3. The molecule has 1 unspecified atom stereocenters. The van der Waals surface area contributed by atoms with Gasteiger partial charge in [0.2, 0.25) is 0 Å². The quantitative estimate of drug-likeness (QED) is 0.874. The molecule has 0 saturated carbocycles. The molecule has 0 fully saturated rings. The van der Waals surface area contributed by atoms with E-state index < -0.39 is 0 Å². The lowest BCUT2D eigenvalue weighted by atomic mass is 10.1. The molecule has 0 aliphatic rings. The highest BCUT2D eigenvalue weighted by Gasteiger charge is 2.07. The van der Waals surface area contributed by atoms with Gasteiger partial charge in [-0.1, -0.05) is 25.1 Å². The number of rotatable bonds is 5. The fraction of sp³-hybridized carbons (Fsp3) is 0.294. The van der Waals surface area contributed by atoms with Crippen molar-refractivity contribution in [3.8, 4) is 0 Å². The highest BCUT2D eigenvalue weighted by atomic mass is 19.1. The standard InChI is InChI=1S/C17H21FN2/c1-4-19-13(2)14-8-10-16(11-9-14)20(3)17-7-5-6-15(18)12-17/h5-13,19H,4H2,1-3H3. The van der Waals surface area contributed by atoms with E-state index in [1.165, 1.54) is 17.7 Å². The van der Waals surface area contributed by atoms with Crippen LogP contribution in [0, 0.1) is 5.82 Å². The molecular formula is C17H21FN2. The summed E-state index contributed by atoms with van der Waals surface area (Å²) in [5.41, 5.74) is 3.14. The fourth-order valence-electron chi connectivity index (χ4n) is 2.24.